The highest BCUT2D eigenvalue weighted by atomic mass is 19.1. The minimum absolute atomic E-state index is 0.0967. The van der Waals surface area contributed by atoms with Crippen LogP contribution in [0.25, 0.3) is 22.5 Å². The number of halogens is 1. The number of aromatic nitrogens is 2. The highest BCUT2D eigenvalue weighted by Gasteiger charge is 2.33. The van der Waals surface area contributed by atoms with Crippen molar-refractivity contribution in [3.63, 3.8) is 0 Å². The fourth-order valence-corrected chi connectivity index (χ4v) is 4.18. The summed E-state index contributed by atoms with van der Waals surface area (Å²) in [7, 11) is 1.60. The quantitative estimate of drug-likeness (QED) is 0.378. The van der Waals surface area contributed by atoms with Gasteiger partial charge in [-0.15, -0.1) is 0 Å². The van der Waals surface area contributed by atoms with Crippen molar-refractivity contribution in [3.8, 4) is 28.3 Å². The lowest BCUT2D eigenvalue weighted by Gasteiger charge is -2.24. The van der Waals surface area contributed by atoms with E-state index in [2.05, 4.69) is 9.97 Å². The average molecular weight is 492 g/mol. The number of hydrogen-bond donors (Lipinski definition) is 0. The van der Waals surface area contributed by atoms with E-state index >= 15 is 0 Å². The van der Waals surface area contributed by atoms with Crippen molar-refractivity contribution >= 4 is 11.9 Å². The summed E-state index contributed by atoms with van der Waals surface area (Å²) in [5.74, 6) is 0.472. The molecule has 8 heteroatoms. The molecule has 2 aromatic carbocycles. The molecule has 7 nitrogen and oxygen atoms in total. The van der Waals surface area contributed by atoms with Crippen LogP contribution in [0.1, 0.15) is 37.8 Å². The highest BCUT2D eigenvalue weighted by Crippen LogP contribution is 2.37. The Hall–Kier alpha value is -3.81. The highest BCUT2D eigenvalue weighted by molar-refractivity contribution is 5.82. The lowest BCUT2D eigenvalue weighted by atomic mass is 9.94. The van der Waals surface area contributed by atoms with E-state index in [1.807, 2.05) is 48.2 Å². The van der Waals surface area contributed by atoms with Gasteiger partial charge in [-0.3, -0.25) is 9.59 Å². The van der Waals surface area contributed by atoms with Gasteiger partial charge in [-0.25, -0.2) is 14.4 Å². The summed E-state index contributed by atoms with van der Waals surface area (Å²) in [4.78, 5) is 35.1. The van der Waals surface area contributed by atoms with Crippen molar-refractivity contribution in [1.29, 1.82) is 0 Å². The fourth-order valence-electron chi connectivity index (χ4n) is 4.18. The number of esters is 1. The molecule has 1 heterocycles. The summed E-state index contributed by atoms with van der Waals surface area (Å²) < 4.78 is 24.2. The van der Waals surface area contributed by atoms with Crippen molar-refractivity contribution in [3.05, 3.63) is 65.7 Å². The maximum absolute atomic E-state index is 13.4. The molecule has 188 valence electrons. The Morgan fingerprint density at radius 3 is 2.44 bits per heavy atom. The van der Waals surface area contributed by atoms with Gasteiger partial charge < -0.3 is 14.4 Å². The molecule has 0 aliphatic heterocycles. The first-order valence-corrected chi connectivity index (χ1v) is 12.2. The third-order valence-electron chi connectivity index (χ3n) is 6.17. The van der Waals surface area contributed by atoms with Crippen LogP contribution in [0.2, 0.25) is 0 Å². The summed E-state index contributed by atoms with van der Waals surface area (Å²) in [5, 5.41) is 0. The molecule has 1 amide bonds. The van der Waals surface area contributed by atoms with Crippen LogP contribution in [0.15, 0.2) is 48.8 Å². The largest absolute Gasteiger partial charge is 0.496 e. The summed E-state index contributed by atoms with van der Waals surface area (Å²) in [6.07, 6.45) is 4.26. The van der Waals surface area contributed by atoms with Crippen LogP contribution in [0.5, 0.6) is 5.75 Å². The van der Waals surface area contributed by atoms with Crippen LogP contribution in [0.4, 0.5) is 4.39 Å². The summed E-state index contributed by atoms with van der Waals surface area (Å²) in [6.45, 7) is 5.03. The molecule has 1 saturated carbocycles. The Kier molecular flexibility index (Phi) is 7.93. The van der Waals surface area contributed by atoms with Gasteiger partial charge in [0.25, 0.3) is 0 Å². The first-order valence-electron chi connectivity index (χ1n) is 12.2. The summed E-state index contributed by atoms with van der Waals surface area (Å²) >= 11 is 0. The van der Waals surface area contributed by atoms with E-state index in [1.165, 1.54) is 0 Å². The Labute approximate surface area is 210 Å². The molecular weight excluding hydrogens is 461 g/mol. The Morgan fingerprint density at radius 2 is 1.81 bits per heavy atom. The van der Waals surface area contributed by atoms with Crippen molar-refractivity contribution in [2.24, 2.45) is 5.92 Å². The Balaban J connectivity index is 1.78. The molecule has 0 spiro atoms. The molecular formula is C28H30FN3O4. The molecule has 0 saturated heterocycles. The molecule has 0 bridgehead atoms. The van der Waals surface area contributed by atoms with Crippen molar-refractivity contribution in [2.75, 3.05) is 20.3 Å². The lowest BCUT2D eigenvalue weighted by molar-refractivity contribution is -0.142. The maximum atomic E-state index is 13.4. The normalized spacial score (nSPS) is 12.8. The van der Waals surface area contributed by atoms with Gasteiger partial charge in [-0.05, 0) is 61.6 Å². The summed E-state index contributed by atoms with van der Waals surface area (Å²) in [6, 6.07) is 11.3. The van der Waals surface area contributed by atoms with Crippen LogP contribution in [-0.4, -0.2) is 47.0 Å². The number of carbonyl (C=O) groups is 2. The van der Waals surface area contributed by atoms with Crippen LogP contribution in [0.3, 0.4) is 0 Å². The molecule has 0 N–H and O–H groups in total. The van der Waals surface area contributed by atoms with Gasteiger partial charge in [0.05, 0.1) is 32.5 Å². The van der Waals surface area contributed by atoms with Gasteiger partial charge in [0.1, 0.15) is 5.75 Å². The second-order valence-corrected chi connectivity index (χ2v) is 8.74. The van der Waals surface area contributed by atoms with Crippen molar-refractivity contribution < 1.29 is 23.5 Å². The lowest BCUT2D eigenvalue weighted by Crippen LogP contribution is -2.31. The molecule has 36 heavy (non-hydrogen) atoms. The first-order chi connectivity index (χ1) is 17.4. The molecule has 1 aliphatic carbocycles. The van der Waals surface area contributed by atoms with Gasteiger partial charge in [0.2, 0.25) is 5.91 Å². The minimum atomic E-state index is -0.508. The van der Waals surface area contributed by atoms with Crippen LogP contribution in [-0.2, 0) is 27.3 Å². The molecule has 3 aromatic rings. The monoisotopic (exact) mass is 491 g/mol. The number of hydrogen-bond acceptors (Lipinski definition) is 6. The SMILES string of the molecule is CCOC(=O)Cc1ccc(OC)c(-c2ccc(-c3ncc(F)cn3)cc2CN(CC)C(=O)C2CC2)c1. The number of benzene rings is 2. The van der Waals surface area contributed by atoms with Gasteiger partial charge in [0, 0.05) is 30.1 Å². The zero-order valence-electron chi connectivity index (χ0n) is 20.8. The number of amides is 1. The second kappa shape index (κ2) is 11.3. The number of rotatable bonds is 10. The number of methoxy groups -OCH3 is 1. The Morgan fingerprint density at radius 1 is 1.06 bits per heavy atom. The zero-order valence-corrected chi connectivity index (χ0v) is 20.8. The van der Waals surface area contributed by atoms with Crippen LogP contribution >= 0.6 is 0 Å². The third-order valence-corrected chi connectivity index (χ3v) is 6.17. The predicted octanol–water partition coefficient (Wildman–Crippen LogP) is 4.82. The van der Waals surface area contributed by atoms with Gasteiger partial charge >= 0.3 is 5.97 Å². The van der Waals surface area contributed by atoms with Crippen LogP contribution < -0.4 is 4.74 Å². The molecule has 0 unspecified atom stereocenters. The third kappa shape index (κ3) is 5.87. The molecule has 1 fully saturated rings. The predicted molar refractivity (Wildman–Crippen MR) is 134 cm³/mol. The molecule has 1 aromatic heterocycles. The summed E-state index contributed by atoms with van der Waals surface area (Å²) in [5.41, 5.74) is 4.05. The van der Waals surface area contributed by atoms with E-state index in [0.29, 0.717) is 36.8 Å². The maximum Gasteiger partial charge on any atom is 0.310 e. The molecule has 0 atom stereocenters. The minimum Gasteiger partial charge on any atom is -0.496 e. The van der Waals surface area contributed by atoms with E-state index < -0.39 is 5.82 Å². The number of nitrogens with zero attached hydrogens (tertiary/aromatic N) is 3. The Bertz CT molecular complexity index is 1240. The van der Waals surface area contributed by atoms with Gasteiger partial charge in [-0.2, -0.15) is 0 Å². The van der Waals surface area contributed by atoms with Crippen molar-refractivity contribution in [2.45, 2.75) is 39.7 Å². The average Bonchev–Trinajstić information content (AvgIpc) is 3.73. The molecule has 0 radical (unpaired) electrons. The van der Waals surface area contributed by atoms with Gasteiger partial charge in [0.15, 0.2) is 11.6 Å². The van der Waals surface area contributed by atoms with E-state index in [0.717, 1.165) is 47.5 Å². The van der Waals surface area contributed by atoms with E-state index in [9.17, 15) is 14.0 Å². The zero-order chi connectivity index (χ0) is 25.7. The van der Waals surface area contributed by atoms with Crippen LogP contribution in [0, 0.1) is 11.7 Å². The van der Waals surface area contributed by atoms with E-state index in [-0.39, 0.29) is 24.2 Å². The number of carbonyl (C=O) groups excluding carboxylic acids is 2. The topological polar surface area (TPSA) is 81.6 Å². The van der Waals surface area contributed by atoms with Gasteiger partial charge in [-0.1, -0.05) is 18.2 Å². The molecule has 4 rings (SSSR count). The van der Waals surface area contributed by atoms with Crippen molar-refractivity contribution in [1.82, 2.24) is 14.9 Å². The van der Waals surface area contributed by atoms with E-state index in [4.69, 9.17) is 9.47 Å². The smallest absolute Gasteiger partial charge is 0.310 e. The van der Waals surface area contributed by atoms with E-state index in [1.54, 1.807) is 14.0 Å². The number of ether oxygens (including phenoxy) is 2. The fraction of sp³-hybridized carbons (Fsp3) is 0.357. The second-order valence-electron chi connectivity index (χ2n) is 8.74. The molecule has 1 aliphatic rings. The first kappa shape index (κ1) is 25.3. The standard InChI is InChI=1S/C28H30FN3O4/c1-4-32(28(34)19-7-8-19)17-21-14-20(27-30-15-22(29)16-31-27)9-10-23(21)24-12-18(6-11-25(24)35-3)13-26(33)36-5-2/h6,9-12,14-16,19H,4-5,7-8,13,17H2,1-3H3.